The molecule has 0 aliphatic carbocycles. The molecule has 0 fully saturated rings. The lowest BCUT2D eigenvalue weighted by Crippen LogP contribution is -2.21. The Morgan fingerprint density at radius 2 is 1.75 bits per heavy atom. The third-order valence-corrected chi connectivity index (χ3v) is 5.08. The summed E-state index contributed by atoms with van der Waals surface area (Å²) in [6.45, 7) is 1.33. The Balaban J connectivity index is 2.92. The number of halogens is 5. The highest BCUT2D eigenvalue weighted by molar-refractivity contribution is 7.39. The van der Waals surface area contributed by atoms with E-state index in [-0.39, 0.29) is 18.9 Å². The van der Waals surface area contributed by atoms with Crippen molar-refractivity contribution in [3.63, 3.8) is 0 Å². The highest BCUT2D eigenvalue weighted by Gasteiger charge is 2.38. The van der Waals surface area contributed by atoms with Gasteiger partial charge in [-0.3, -0.25) is 9.59 Å². The Morgan fingerprint density at radius 1 is 1.14 bits per heavy atom. The van der Waals surface area contributed by atoms with Crippen molar-refractivity contribution in [2.75, 3.05) is 6.16 Å². The minimum absolute atomic E-state index is 0.115. The SMILES string of the molecule is CCC(O[P+](=O)CC(CCC(=O)O)C(=O)O)C(F)c1cc(F)c(F)c(F)c1F. The van der Waals surface area contributed by atoms with Crippen LogP contribution in [-0.4, -0.2) is 34.4 Å². The Morgan fingerprint density at radius 3 is 2.25 bits per heavy atom. The summed E-state index contributed by atoms with van der Waals surface area (Å²) in [6.07, 6.45) is -5.94. The van der Waals surface area contributed by atoms with E-state index in [1.54, 1.807) is 0 Å². The molecule has 0 bridgehead atoms. The molecule has 1 aromatic carbocycles. The number of carbonyl (C=O) groups is 2. The zero-order valence-corrected chi connectivity index (χ0v) is 15.4. The Bertz CT molecular complexity index is 760. The highest BCUT2D eigenvalue weighted by atomic mass is 31.1. The van der Waals surface area contributed by atoms with Gasteiger partial charge in [0.05, 0.1) is 0 Å². The molecule has 4 atom stereocenters. The van der Waals surface area contributed by atoms with Crippen molar-refractivity contribution in [1.29, 1.82) is 0 Å². The normalized spacial score (nSPS) is 15.0. The van der Waals surface area contributed by atoms with Crippen LogP contribution in [0.2, 0.25) is 0 Å². The molecule has 0 saturated carbocycles. The van der Waals surface area contributed by atoms with E-state index in [4.69, 9.17) is 14.7 Å². The predicted molar refractivity (Wildman–Crippen MR) is 85.8 cm³/mol. The molecule has 0 amide bonds. The molecule has 12 heteroatoms. The van der Waals surface area contributed by atoms with Crippen molar-refractivity contribution >= 4 is 20.0 Å². The first-order valence-electron chi connectivity index (χ1n) is 8.02. The number of aliphatic carboxylic acids is 2. The van der Waals surface area contributed by atoms with Crippen LogP contribution >= 0.6 is 8.03 Å². The van der Waals surface area contributed by atoms with E-state index in [2.05, 4.69) is 0 Å². The third kappa shape index (κ3) is 6.20. The molecule has 156 valence electrons. The Labute approximate surface area is 157 Å². The molecule has 2 N–H and O–H groups in total. The third-order valence-electron chi connectivity index (χ3n) is 3.83. The molecule has 4 unspecified atom stereocenters. The lowest BCUT2D eigenvalue weighted by Gasteiger charge is -2.16. The summed E-state index contributed by atoms with van der Waals surface area (Å²) in [5.74, 6) is -12.2. The van der Waals surface area contributed by atoms with Crippen molar-refractivity contribution in [1.82, 2.24) is 0 Å². The van der Waals surface area contributed by atoms with Gasteiger partial charge in [0.15, 0.2) is 35.6 Å². The van der Waals surface area contributed by atoms with Gasteiger partial charge in [0.25, 0.3) is 0 Å². The molecule has 28 heavy (non-hydrogen) atoms. The van der Waals surface area contributed by atoms with E-state index in [9.17, 15) is 36.1 Å². The fourth-order valence-electron chi connectivity index (χ4n) is 2.29. The first kappa shape index (κ1) is 23.9. The van der Waals surface area contributed by atoms with Crippen molar-refractivity contribution in [3.8, 4) is 0 Å². The predicted octanol–water partition coefficient (Wildman–Crippen LogP) is 4.36. The molecule has 0 heterocycles. The van der Waals surface area contributed by atoms with Gasteiger partial charge in [0, 0.05) is 12.0 Å². The summed E-state index contributed by atoms with van der Waals surface area (Å²) in [5, 5.41) is 17.6. The summed E-state index contributed by atoms with van der Waals surface area (Å²) < 4.78 is 84.7. The van der Waals surface area contributed by atoms with Gasteiger partial charge in [0.1, 0.15) is 12.0 Å². The van der Waals surface area contributed by atoms with E-state index in [0.29, 0.717) is 0 Å². The second-order valence-corrected chi connectivity index (χ2v) is 7.07. The molecule has 0 spiro atoms. The van der Waals surface area contributed by atoms with Crippen LogP contribution in [0.5, 0.6) is 0 Å². The van der Waals surface area contributed by atoms with E-state index in [1.807, 2.05) is 0 Å². The smallest absolute Gasteiger partial charge is 0.481 e. The summed E-state index contributed by atoms with van der Waals surface area (Å²) in [5.41, 5.74) is -1.17. The second kappa shape index (κ2) is 10.4. The maximum absolute atomic E-state index is 14.5. The van der Waals surface area contributed by atoms with E-state index in [0.717, 1.165) is 0 Å². The average molecular weight is 431 g/mol. The number of hydrogen-bond donors (Lipinski definition) is 2. The van der Waals surface area contributed by atoms with E-state index in [1.165, 1.54) is 6.92 Å². The van der Waals surface area contributed by atoms with Gasteiger partial charge < -0.3 is 10.2 Å². The van der Waals surface area contributed by atoms with Crippen LogP contribution in [0.25, 0.3) is 0 Å². The van der Waals surface area contributed by atoms with Crippen molar-refractivity contribution < 1.29 is 50.8 Å². The molecule has 1 aromatic rings. The fraction of sp³-hybridized carbons (Fsp3) is 0.500. The molecular formula is C16H17F5O6P+. The Kier molecular flexibility index (Phi) is 8.90. The number of carboxylic acids is 2. The van der Waals surface area contributed by atoms with Crippen molar-refractivity contribution in [2.24, 2.45) is 5.92 Å². The molecule has 1 rings (SSSR count). The van der Waals surface area contributed by atoms with Gasteiger partial charge in [-0.25, -0.2) is 22.0 Å². The van der Waals surface area contributed by atoms with Crippen LogP contribution in [-0.2, 0) is 18.7 Å². The molecule has 6 nitrogen and oxygen atoms in total. The minimum atomic E-state index is -2.83. The first-order valence-corrected chi connectivity index (χ1v) is 9.38. The molecule has 0 saturated heterocycles. The Hall–Kier alpha value is -2.13. The first-order chi connectivity index (χ1) is 13.0. The van der Waals surface area contributed by atoms with Crippen molar-refractivity contribution in [3.05, 3.63) is 34.9 Å². The maximum Gasteiger partial charge on any atom is 0.509 e. The van der Waals surface area contributed by atoms with Crippen LogP contribution < -0.4 is 0 Å². The largest absolute Gasteiger partial charge is 0.509 e. The molecule has 0 radical (unpaired) electrons. The van der Waals surface area contributed by atoms with E-state index >= 15 is 0 Å². The fourth-order valence-corrected chi connectivity index (χ4v) is 3.63. The zero-order chi connectivity index (χ0) is 21.6. The van der Waals surface area contributed by atoms with Crippen LogP contribution in [0, 0.1) is 29.2 Å². The average Bonchev–Trinajstić information content (AvgIpc) is 2.63. The zero-order valence-electron chi connectivity index (χ0n) is 14.5. The number of rotatable bonds is 11. The number of hydrogen-bond acceptors (Lipinski definition) is 4. The summed E-state index contributed by atoms with van der Waals surface area (Å²) >= 11 is 0. The van der Waals surface area contributed by atoms with Crippen LogP contribution in [0.15, 0.2) is 6.07 Å². The number of carboxylic acid groups (broad SMARTS) is 2. The number of benzene rings is 1. The standard InChI is InChI=1S/C16H16F5O6P/c1-2-10(12(18)8-5-9(17)14(20)15(21)13(8)19)27-28(26)6-7(16(24)25)3-4-11(22)23/h5,7,10,12H,2-4,6H2,1H3,(H-,22,23,24,25)/p+1. The van der Waals surface area contributed by atoms with E-state index < -0.39 is 79.6 Å². The van der Waals surface area contributed by atoms with Gasteiger partial charge in [-0.2, -0.15) is 0 Å². The summed E-state index contributed by atoms with van der Waals surface area (Å²) in [7, 11) is -2.83. The molecule has 0 aliphatic rings. The van der Waals surface area contributed by atoms with Gasteiger partial charge in [-0.1, -0.05) is 6.92 Å². The highest BCUT2D eigenvalue weighted by Crippen LogP contribution is 2.37. The second-order valence-electron chi connectivity index (χ2n) is 5.83. The summed E-state index contributed by atoms with van der Waals surface area (Å²) in [6, 6.07) is 0.115. The lowest BCUT2D eigenvalue weighted by atomic mass is 10.0. The number of alkyl halides is 1. The maximum atomic E-state index is 14.5. The van der Waals surface area contributed by atoms with Gasteiger partial charge in [-0.15, -0.1) is 4.52 Å². The minimum Gasteiger partial charge on any atom is -0.481 e. The van der Waals surface area contributed by atoms with Crippen LogP contribution in [0.4, 0.5) is 22.0 Å². The molecule has 0 aliphatic heterocycles. The van der Waals surface area contributed by atoms with Crippen molar-refractivity contribution in [2.45, 2.75) is 38.5 Å². The quantitative estimate of drug-likeness (QED) is 0.234. The molecular weight excluding hydrogens is 414 g/mol. The van der Waals surface area contributed by atoms with Crippen LogP contribution in [0.1, 0.15) is 37.9 Å². The molecule has 0 aromatic heterocycles. The van der Waals surface area contributed by atoms with Gasteiger partial charge in [0.2, 0.25) is 0 Å². The van der Waals surface area contributed by atoms with Gasteiger partial charge in [-0.05, 0) is 23.5 Å². The van der Waals surface area contributed by atoms with Gasteiger partial charge >= 0.3 is 20.0 Å². The summed E-state index contributed by atoms with van der Waals surface area (Å²) in [4.78, 5) is 21.6. The lowest BCUT2D eigenvalue weighted by molar-refractivity contribution is -0.142. The van der Waals surface area contributed by atoms with Crippen LogP contribution in [0.3, 0.4) is 0 Å². The topological polar surface area (TPSA) is 101 Å². The monoisotopic (exact) mass is 431 g/mol.